The highest BCUT2D eigenvalue weighted by atomic mass is 19.4. The molecule has 1 unspecified atom stereocenters. The molecule has 3 rings (SSSR count). The minimum Gasteiger partial charge on any atom is -0.476 e. The Balaban J connectivity index is 1.68. The molecule has 2 aromatic heterocycles. The highest BCUT2D eigenvalue weighted by Gasteiger charge is 2.34. The van der Waals surface area contributed by atoms with Gasteiger partial charge in [-0.3, -0.25) is 4.98 Å². The van der Waals surface area contributed by atoms with Gasteiger partial charge in [-0.1, -0.05) is 0 Å². The molecule has 0 aromatic carbocycles. The van der Waals surface area contributed by atoms with Crippen molar-refractivity contribution in [2.45, 2.75) is 25.9 Å². The number of hydrogen-bond donors (Lipinski definition) is 0. The number of aromatic nitrogens is 4. The molecule has 1 fully saturated rings. The van der Waals surface area contributed by atoms with Gasteiger partial charge < -0.3 is 9.64 Å². The molecule has 134 valence electrons. The Morgan fingerprint density at radius 2 is 2.12 bits per heavy atom. The van der Waals surface area contributed by atoms with Crippen LogP contribution in [0, 0.1) is 12.8 Å². The van der Waals surface area contributed by atoms with Crippen molar-refractivity contribution in [2.75, 3.05) is 24.6 Å². The predicted octanol–water partition coefficient (Wildman–Crippen LogP) is 2.89. The summed E-state index contributed by atoms with van der Waals surface area (Å²) >= 11 is 0. The van der Waals surface area contributed by atoms with Crippen molar-refractivity contribution >= 4 is 5.82 Å². The van der Waals surface area contributed by atoms with Crippen LogP contribution >= 0.6 is 0 Å². The summed E-state index contributed by atoms with van der Waals surface area (Å²) in [4.78, 5) is 17.5. The van der Waals surface area contributed by atoms with Gasteiger partial charge in [-0.05, 0) is 19.8 Å². The van der Waals surface area contributed by atoms with Crippen molar-refractivity contribution < 1.29 is 17.9 Å². The van der Waals surface area contributed by atoms with Crippen molar-refractivity contribution in [3.05, 3.63) is 36.2 Å². The van der Waals surface area contributed by atoms with E-state index in [2.05, 4.69) is 19.9 Å². The minimum atomic E-state index is -4.48. The van der Waals surface area contributed by atoms with Crippen LogP contribution in [0.4, 0.5) is 19.0 Å². The Morgan fingerprint density at radius 1 is 1.28 bits per heavy atom. The Morgan fingerprint density at radius 3 is 2.84 bits per heavy atom. The molecule has 9 heteroatoms. The highest BCUT2D eigenvalue weighted by molar-refractivity contribution is 5.41. The van der Waals surface area contributed by atoms with E-state index in [1.807, 2.05) is 4.90 Å². The number of ether oxygens (including phenoxy) is 1. The molecule has 25 heavy (non-hydrogen) atoms. The van der Waals surface area contributed by atoms with Gasteiger partial charge in [-0.25, -0.2) is 15.0 Å². The molecular formula is C16H18F3N5O. The van der Waals surface area contributed by atoms with E-state index >= 15 is 0 Å². The summed E-state index contributed by atoms with van der Waals surface area (Å²) in [6, 6.07) is 1.01. The minimum absolute atomic E-state index is 0.114. The fraction of sp³-hybridized carbons (Fsp3) is 0.500. The molecule has 0 radical (unpaired) electrons. The Labute approximate surface area is 143 Å². The number of nitrogens with zero attached hydrogens (tertiary/aromatic N) is 5. The Kier molecular flexibility index (Phi) is 5.00. The largest absolute Gasteiger partial charge is 0.476 e. The number of alkyl halides is 3. The van der Waals surface area contributed by atoms with Crippen LogP contribution in [0.2, 0.25) is 0 Å². The second kappa shape index (κ2) is 7.20. The molecular weight excluding hydrogens is 335 g/mol. The average molecular weight is 353 g/mol. The second-order valence-corrected chi connectivity index (χ2v) is 5.97. The molecule has 6 nitrogen and oxygen atoms in total. The van der Waals surface area contributed by atoms with Crippen LogP contribution in [0.3, 0.4) is 0 Å². The van der Waals surface area contributed by atoms with E-state index in [9.17, 15) is 13.2 Å². The quantitative estimate of drug-likeness (QED) is 0.842. The molecule has 1 aliphatic rings. The SMILES string of the molecule is Cc1nc(N2CCCC(COc3cnccn3)C2)cc(C(F)(F)F)n1. The van der Waals surface area contributed by atoms with Crippen molar-refractivity contribution in [2.24, 2.45) is 5.92 Å². The summed E-state index contributed by atoms with van der Waals surface area (Å²) in [5.74, 6) is 1.05. The monoisotopic (exact) mass is 353 g/mol. The summed E-state index contributed by atoms with van der Waals surface area (Å²) in [5.41, 5.74) is -0.909. The molecule has 3 heterocycles. The summed E-state index contributed by atoms with van der Waals surface area (Å²) in [6.45, 7) is 3.14. The third kappa shape index (κ3) is 4.55. The van der Waals surface area contributed by atoms with Crippen LogP contribution in [0.5, 0.6) is 5.88 Å². The van der Waals surface area contributed by atoms with Gasteiger partial charge in [0, 0.05) is 37.5 Å². The van der Waals surface area contributed by atoms with Gasteiger partial charge in [-0.2, -0.15) is 13.2 Å². The smallest absolute Gasteiger partial charge is 0.433 e. The fourth-order valence-corrected chi connectivity index (χ4v) is 2.83. The third-order valence-electron chi connectivity index (χ3n) is 3.96. The van der Waals surface area contributed by atoms with Crippen LogP contribution < -0.4 is 9.64 Å². The maximum Gasteiger partial charge on any atom is 0.433 e. The lowest BCUT2D eigenvalue weighted by molar-refractivity contribution is -0.141. The van der Waals surface area contributed by atoms with Crippen LogP contribution in [0.25, 0.3) is 0 Å². The Hall–Kier alpha value is -2.45. The van der Waals surface area contributed by atoms with Gasteiger partial charge in [0.2, 0.25) is 5.88 Å². The van der Waals surface area contributed by atoms with Crippen molar-refractivity contribution in [3.63, 3.8) is 0 Å². The predicted molar refractivity (Wildman–Crippen MR) is 84.2 cm³/mol. The van der Waals surface area contributed by atoms with Gasteiger partial charge in [0.25, 0.3) is 0 Å². The van der Waals surface area contributed by atoms with E-state index in [1.165, 1.54) is 13.1 Å². The Bertz CT molecular complexity index is 711. The molecule has 0 N–H and O–H groups in total. The number of anilines is 1. The van der Waals surface area contributed by atoms with E-state index in [0.29, 0.717) is 31.4 Å². The van der Waals surface area contributed by atoms with Crippen LogP contribution in [-0.4, -0.2) is 39.6 Å². The first kappa shape index (κ1) is 17.4. The zero-order valence-corrected chi connectivity index (χ0v) is 13.7. The fourth-order valence-electron chi connectivity index (χ4n) is 2.83. The first-order chi connectivity index (χ1) is 11.9. The lowest BCUT2D eigenvalue weighted by Gasteiger charge is -2.33. The van der Waals surface area contributed by atoms with Crippen LogP contribution in [-0.2, 0) is 6.18 Å². The topological polar surface area (TPSA) is 64.0 Å². The van der Waals surface area contributed by atoms with Gasteiger partial charge in [0.05, 0.1) is 12.8 Å². The summed E-state index contributed by atoms with van der Waals surface area (Å²) in [6.07, 6.45) is 1.96. The first-order valence-electron chi connectivity index (χ1n) is 7.98. The summed E-state index contributed by atoms with van der Waals surface area (Å²) in [5, 5.41) is 0. The zero-order chi connectivity index (χ0) is 17.9. The lowest BCUT2D eigenvalue weighted by atomic mass is 9.99. The van der Waals surface area contributed by atoms with E-state index < -0.39 is 11.9 Å². The number of piperidine rings is 1. The van der Waals surface area contributed by atoms with Gasteiger partial charge in [0.1, 0.15) is 17.3 Å². The van der Waals surface area contributed by atoms with Gasteiger partial charge >= 0.3 is 6.18 Å². The molecule has 1 aliphatic heterocycles. The van der Waals surface area contributed by atoms with E-state index in [1.54, 1.807) is 12.4 Å². The second-order valence-electron chi connectivity index (χ2n) is 5.97. The average Bonchev–Trinajstić information content (AvgIpc) is 2.60. The maximum absolute atomic E-state index is 13.0. The van der Waals surface area contributed by atoms with Crippen molar-refractivity contribution in [3.8, 4) is 5.88 Å². The van der Waals surface area contributed by atoms with E-state index in [4.69, 9.17) is 4.74 Å². The first-order valence-corrected chi connectivity index (χ1v) is 7.98. The van der Waals surface area contributed by atoms with Gasteiger partial charge in [-0.15, -0.1) is 0 Å². The number of rotatable bonds is 4. The maximum atomic E-state index is 13.0. The van der Waals surface area contributed by atoms with Gasteiger partial charge in [0.15, 0.2) is 0 Å². The molecule has 1 atom stereocenters. The molecule has 2 aromatic rings. The van der Waals surface area contributed by atoms with E-state index in [-0.39, 0.29) is 11.7 Å². The van der Waals surface area contributed by atoms with Crippen molar-refractivity contribution in [1.82, 2.24) is 19.9 Å². The molecule has 0 saturated carbocycles. The highest BCUT2D eigenvalue weighted by Crippen LogP contribution is 2.31. The standard InChI is InChI=1S/C16H18F3N5O/c1-11-22-13(16(17,18)19)7-14(23-11)24-6-2-3-12(9-24)10-25-15-8-20-4-5-21-15/h4-5,7-8,12H,2-3,6,9-10H2,1H3. The lowest BCUT2D eigenvalue weighted by Crippen LogP contribution is -2.38. The summed E-state index contributed by atoms with van der Waals surface area (Å²) < 4.78 is 44.5. The number of aryl methyl sites for hydroxylation is 1. The molecule has 0 amide bonds. The molecule has 1 saturated heterocycles. The molecule has 0 spiro atoms. The molecule has 0 bridgehead atoms. The van der Waals surface area contributed by atoms with E-state index in [0.717, 1.165) is 18.9 Å². The third-order valence-corrected chi connectivity index (χ3v) is 3.96. The van der Waals surface area contributed by atoms with Crippen LogP contribution in [0.1, 0.15) is 24.4 Å². The normalized spacial score (nSPS) is 18.2. The zero-order valence-electron chi connectivity index (χ0n) is 13.7. The molecule has 0 aliphatic carbocycles. The number of hydrogen-bond acceptors (Lipinski definition) is 6. The van der Waals surface area contributed by atoms with Crippen molar-refractivity contribution in [1.29, 1.82) is 0 Å². The van der Waals surface area contributed by atoms with Crippen LogP contribution in [0.15, 0.2) is 24.7 Å². The summed E-state index contributed by atoms with van der Waals surface area (Å²) in [7, 11) is 0. The number of halogens is 3.